The van der Waals surface area contributed by atoms with Gasteiger partial charge in [-0.25, -0.2) is 0 Å². The summed E-state index contributed by atoms with van der Waals surface area (Å²) in [5.41, 5.74) is 4.92. The molecule has 0 atom stereocenters. The minimum Gasteiger partial charge on any atom is -0.277 e. The first-order valence-electron chi connectivity index (χ1n) is 7.06. The van der Waals surface area contributed by atoms with Crippen LogP contribution in [0, 0.1) is 0 Å². The number of nitrogens with zero attached hydrogens (tertiary/aromatic N) is 1. The van der Waals surface area contributed by atoms with Crippen LogP contribution >= 0.6 is 0 Å². The van der Waals surface area contributed by atoms with E-state index in [1.165, 1.54) is 10.7 Å². The van der Waals surface area contributed by atoms with Crippen molar-refractivity contribution in [2.24, 2.45) is 0 Å². The second kappa shape index (κ2) is 8.89. The van der Waals surface area contributed by atoms with E-state index in [0.29, 0.717) is 19.6 Å². The Morgan fingerprint density at radius 2 is 1.57 bits per heavy atom. The summed E-state index contributed by atoms with van der Waals surface area (Å²) >= 11 is 0. The summed E-state index contributed by atoms with van der Waals surface area (Å²) in [6.45, 7) is 1.08. The Morgan fingerprint density at radius 3 is 2.19 bits per heavy atom. The standard InChI is InChI=1S/C17H20N2O2/c20-15-18-19(21-14-17-10-5-2-6-11-17)13-7-12-16-8-3-1-4-9-16/h1-6,8-11,15H,7,12-14H2,(H,18,20). The van der Waals surface area contributed by atoms with Crippen LogP contribution in [0.15, 0.2) is 60.7 Å². The number of amides is 1. The van der Waals surface area contributed by atoms with Crippen molar-refractivity contribution in [2.75, 3.05) is 6.54 Å². The quantitative estimate of drug-likeness (QED) is 0.568. The van der Waals surface area contributed by atoms with Crippen LogP contribution in [0.5, 0.6) is 0 Å². The van der Waals surface area contributed by atoms with Gasteiger partial charge in [-0.3, -0.25) is 15.1 Å². The number of carbonyl (C=O) groups excluding carboxylic acids is 1. The predicted octanol–water partition coefficient (Wildman–Crippen LogP) is 2.71. The molecule has 4 nitrogen and oxygen atoms in total. The zero-order valence-electron chi connectivity index (χ0n) is 11.9. The molecule has 0 aliphatic rings. The van der Waals surface area contributed by atoms with Gasteiger partial charge in [0.2, 0.25) is 6.41 Å². The summed E-state index contributed by atoms with van der Waals surface area (Å²) in [6.07, 6.45) is 2.49. The zero-order valence-corrected chi connectivity index (χ0v) is 11.9. The summed E-state index contributed by atoms with van der Waals surface area (Å²) in [5.74, 6) is 0. The highest BCUT2D eigenvalue weighted by atomic mass is 16.7. The van der Waals surface area contributed by atoms with Crippen LogP contribution in [0.2, 0.25) is 0 Å². The van der Waals surface area contributed by atoms with Gasteiger partial charge in [-0.1, -0.05) is 65.8 Å². The van der Waals surface area contributed by atoms with E-state index in [-0.39, 0.29) is 0 Å². The molecule has 0 aliphatic carbocycles. The molecule has 110 valence electrons. The van der Waals surface area contributed by atoms with Gasteiger partial charge in [0.25, 0.3) is 0 Å². The second-order valence-electron chi connectivity index (χ2n) is 4.70. The van der Waals surface area contributed by atoms with Crippen LogP contribution in [0.25, 0.3) is 0 Å². The van der Waals surface area contributed by atoms with Crippen molar-refractivity contribution >= 4 is 6.41 Å². The van der Waals surface area contributed by atoms with Crippen molar-refractivity contribution in [3.05, 3.63) is 71.8 Å². The third kappa shape index (κ3) is 5.77. The molecule has 0 bridgehead atoms. The Hall–Kier alpha value is -2.17. The van der Waals surface area contributed by atoms with Gasteiger partial charge in [0.15, 0.2) is 0 Å². The number of hydrogen-bond acceptors (Lipinski definition) is 3. The third-order valence-corrected chi connectivity index (χ3v) is 3.10. The van der Waals surface area contributed by atoms with Crippen LogP contribution in [0.4, 0.5) is 0 Å². The Balaban J connectivity index is 1.75. The van der Waals surface area contributed by atoms with Gasteiger partial charge < -0.3 is 0 Å². The van der Waals surface area contributed by atoms with E-state index < -0.39 is 0 Å². The zero-order chi connectivity index (χ0) is 14.8. The average molecular weight is 284 g/mol. The van der Waals surface area contributed by atoms with E-state index in [2.05, 4.69) is 17.6 Å². The molecule has 0 aliphatic heterocycles. The van der Waals surface area contributed by atoms with E-state index in [4.69, 9.17) is 4.84 Å². The fourth-order valence-corrected chi connectivity index (χ4v) is 2.02. The van der Waals surface area contributed by atoms with Crippen molar-refractivity contribution in [3.63, 3.8) is 0 Å². The predicted molar refractivity (Wildman–Crippen MR) is 81.9 cm³/mol. The fourth-order valence-electron chi connectivity index (χ4n) is 2.02. The molecule has 0 heterocycles. The lowest BCUT2D eigenvalue weighted by atomic mass is 10.1. The number of hydrogen-bond donors (Lipinski definition) is 1. The maximum Gasteiger partial charge on any atom is 0.223 e. The number of hydrazine groups is 1. The molecular formula is C17H20N2O2. The topological polar surface area (TPSA) is 41.6 Å². The molecule has 0 radical (unpaired) electrons. The molecule has 4 heteroatoms. The van der Waals surface area contributed by atoms with E-state index >= 15 is 0 Å². The molecule has 0 saturated heterocycles. The van der Waals surface area contributed by atoms with Gasteiger partial charge in [0.1, 0.15) is 0 Å². The van der Waals surface area contributed by atoms with E-state index in [1.54, 1.807) is 0 Å². The normalized spacial score (nSPS) is 10.5. The van der Waals surface area contributed by atoms with Gasteiger partial charge in [-0.05, 0) is 24.0 Å². The molecule has 0 spiro atoms. The highest BCUT2D eigenvalue weighted by molar-refractivity contribution is 5.44. The van der Waals surface area contributed by atoms with Gasteiger partial charge in [0.05, 0.1) is 6.61 Å². The number of nitrogens with one attached hydrogen (secondary N) is 1. The molecule has 0 fully saturated rings. The molecule has 0 unspecified atom stereocenters. The smallest absolute Gasteiger partial charge is 0.223 e. The first kappa shape index (κ1) is 15.2. The van der Waals surface area contributed by atoms with Crippen LogP contribution < -0.4 is 5.43 Å². The van der Waals surface area contributed by atoms with Crippen LogP contribution in [0.1, 0.15) is 17.5 Å². The maximum absolute atomic E-state index is 10.6. The summed E-state index contributed by atoms with van der Waals surface area (Å²) in [6, 6.07) is 20.1. The molecule has 2 aromatic rings. The lowest BCUT2D eigenvalue weighted by Gasteiger charge is -2.20. The summed E-state index contributed by atoms with van der Waals surface area (Å²) < 4.78 is 0. The van der Waals surface area contributed by atoms with Gasteiger partial charge in [0, 0.05) is 6.54 Å². The van der Waals surface area contributed by atoms with E-state index in [0.717, 1.165) is 18.4 Å². The average Bonchev–Trinajstić information content (AvgIpc) is 2.54. The Bertz CT molecular complexity index is 517. The van der Waals surface area contributed by atoms with Crippen LogP contribution in [-0.2, 0) is 22.7 Å². The van der Waals surface area contributed by atoms with Crippen molar-refractivity contribution in [3.8, 4) is 0 Å². The lowest BCUT2D eigenvalue weighted by Crippen LogP contribution is -2.37. The summed E-state index contributed by atoms with van der Waals surface area (Å²) in [5, 5.41) is 1.49. The number of rotatable bonds is 9. The summed E-state index contributed by atoms with van der Waals surface area (Å²) in [4.78, 5) is 16.2. The maximum atomic E-state index is 10.6. The summed E-state index contributed by atoms with van der Waals surface area (Å²) in [7, 11) is 0. The Morgan fingerprint density at radius 1 is 0.952 bits per heavy atom. The number of hydroxylamine groups is 1. The molecular weight excluding hydrogens is 264 g/mol. The SMILES string of the molecule is O=CNN(CCCc1ccccc1)OCc1ccccc1. The van der Waals surface area contributed by atoms with E-state index in [1.807, 2.05) is 48.5 Å². The van der Waals surface area contributed by atoms with Crippen molar-refractivity contribution in [1.29, 1.82) is 0 Å². The molecule has 0 saturated carbocycles. The number of benzene rings is 2. The Labute approximate surface area is 125 Å². The van der Waals surface area contributed by atoms with Crippen molar-refractivity contribution < 1.29 is 9.63 Å². The molecule has 2 aromatic carbocycles. The van der Waals surface area contributed by atoms with Crippen molar-refractivity contribution in [2.45, 2.75) is 19.4 Å². The number of aryl methyl sites for hydroxylation is 1. The fraction of sp³-hybridized carbons (Fsp3) is 0.235. The second-order valence-corrected chi connectivity index (χ2v) is 4.70. The number of carbonyl (C=O) groups is 1. The largest absolute Gasteiger partial charge is 0.277 e. The Kier molecular flexibility index (Phi) is 6.45. The van der Waals surface area contributed by atoms with Crippen LogP contribution in [0.3, 0.4) is 0 Å². The first-order chi connectivity index (χ1) is 10.4. The molecule has 21 heavy (non-hydrogen) atoms. The third-order valence-electron chi connectivity index (χ3n) is 3.10. The van der Waals surface area contributed by atoms with Gasteiger partial charge >= 0.3 is 0 Å². The monoisotopic (exact) mass is 284 g/mol. The molecule has 2 rings (SSSR count). The molecule has 1 amide bonds. The minimum atomic E-state index is 0.438. The highest BCUT2D eigenvalue weighted by Gasteiger charge is 2.04. The van der Waals surface area contributed by atoms with Crippen molar-refractivity contribution in [1.82, 2.24) is 10.6 Å². The van der Waals surface area contributed by atoms with Gasteiger partial charge in [-0.15, -0.1) is 0 Å². The minimum absolute atomic E-state index is 0.438. The highest BCUT2D eigenvalue weighted by Crippen LogP contribution is 2.05. The molecule has 1 N–H and O–H groups in total. The first-order valence-corrected chi connectivity index (χ1v) is 7.06. The van der Waals surface area contributed by atoms with Crippen LogP contribution in [-0.4, -0.2) is 18.1 Å². The van der Waals surface area contributed by atoms with E-state index in [9.17, 15) is 4.79 Å². The van der Waals surface area contributed by atoms with Gasteiger partial charge in [-0.2, -0.15) is 0 Å². The lowest BCUT2D eigenvalue weighted by molar-refractivity contribution is -0.203. The molecule has 0 aromatic heterocycles.